The molecule has 1 aromatic rings. The Morgan fingerprint density at radius 1 is 1.57 bits per heavy atom. The van der Waals surface area contributed by atoms with Gasteiger partial charge in [-0.2, -0.15) is 0 Å². The van der Waals surface area contributed by atoms with Gasteiger partial charge < -0.3 is 10.6 Å². The number of nitrogens with two attached hydrogens (primary N) is 1. The molecule has 0 radical (unpaired) electrons. The molecule has 3 nitrogen and oxygen atoms in total. The summed E-state index contributed by atoms with van der Waals surface area (Å²) in [6, 6.07) is 5.67. The molecule has 0 aliphatic carbocycles. The smallest absolute Gasteiger partial charge is 0.250 e. The molecule has 0 saturated heterocycles. The van der Waals surface area contributed by atoms with Crippen LogP contribution in [0.25, 0.3) is 0 Å². The van der Waals surface area contributed by atoms with Crippen LogP contribution in [0.5, 0.6) is 0 Å². The molecule has 0 atom stereocenters. The van der Waals surface area contributed by atoms with E-state index >= 15 is 0 Å². The number of carbonyl (C=O) groups excluding carboxylic acids is 1. The topological polar surface area (TPSA) is 46.3 Å². The van der Waals surface area contributed by atoms with Crippen molar-refractivity contribution in [3.05, 3.63) is 36.4 Å². The number of fused-ring (bicyclic) bond motifs is 1. The molecule has 0 bridgehead atoms. The normalized spacial score (nSPS) is 13.9. The van der Waals surface area contributed by atoms with Gasteiger partial charge in [0, 0.05) is 17.9 Å². The lowest BCUT2D eigenvalue weighted by Crippen LogP contribution is -2.26. The Morgan fingerprint density at radius 2 is 2.36 bits per heavy atom. The lowest BCUT2D eigenvalue weighted by atomic mass is 10.1. The molecular weight excluding hydrogens is 176 g/mol. The van der Waals surface area contributed by atoms with Gasteiger partial charge in [0.25, 0.3) is 0 Å². The Morgan fingerprint density at radius 3 is 3.07 bits per heavy atom. The van der Waals surface area contributed by atoms with Crippen molar-refractivity contribution in [3.8, 4) is 0 Å². The van der Waals surface area contributed by atoms with E-state index in [0.717, 1.165) is 18.7 Å². The number of rotatable bonds is 1. The van der Waals surface area contributed by atoms with Crippen molar-refractivity contribution in [3.63, 3.8) is 0 Å². The van der Waals surface area contributed by atoms with Crippen LogP contribution in [0, 0.1) is 0 Å². The summed E-state index contributed by atoms with van der Waals surface area (Å²) >= 11 is 0. The van der Waals surface area contributed by atoms with Gasteiger partial charge in [0.2, 0.25) is 5.91 Å². The van der Waals surface area contributed by atoms with Gasteiger partial charge in [-0.05, 0) is 30.2 Å². The van der Waals surface area contributed by atoms with E-state index in [0.29, 0.717) is 5.69 Å². The molecule has 0 saturated carbocycles. The fraction of sp³-hybridized carbons (Fsp3) is 0.182. The van der Waals surface area contributed by atoms with Crippen LogP contribution in [0.4, 0.5) is 11.4 Å². The first-order valence-electron chi connectivity index (χ1n) is 4.54. The monoisotopic (exact) mass is 188 g/mol. The summed E-state index contributed by atoms with van der Waals surface area (Å²) in [5.41, 5.74) is 8.46. The van der Waals surface area contributed by atoms with E-state index in [-0.39, 0.29) is 5.91 Å². The third-order valence-corrected chi connectivity index (χ3v) is 2.45. The number of hydrogen-bond acceptors (Lipinski definition) is 2. The van der Waals surface area contributed by atoms with Crippen molar-refractivity contribution in [2.75, 3.05) is 17.2 Å². The van der Waals surface area contributed by atoms with Gasteiger partial charge in [-0.15, -0.1) is 0 Å². The van der Waals surface area contributed by atoms with Gasteiger partial charge in [0.05, 0.1) is 0 Å². The Kier molecular flexibility index (Phi) is 2.00. The average Bonchev–Trinajstić information content (AvgIpc) is 2.59. The van der Waals surface area contributed by atoms with Crippen LogP contribution in [-0.2, 0) is 11.2 Å². The zero-order valence-corrected chi connectivity index (χ0v) is 7.86. The first kappa shape index (κ1) is 8.81. The van der Waals surface area contributed by atoms with E-state index < -0.39 is 0 Å². The molecule has 1 aliphatic heterocycles. The molecule has 1 heterocycles. The number of benzene rings is 1. The number of carbonyl (C=O) groups is 1. The zero-order valence-electron chi connectivity index (χ0n) is 7.86. The summed E-state index contributed by atoms with van der Waals surface area (Å²) < 4.78 is 0. The average molecular weight is 188 g/mol. The molecule has 2 N–H and O–H groups in total. The summed E-state index contributed by atoms with van der Waals surface area (Å²) in [4.78, 5) is 13.2. The summed E-state index contributed by atoms with van der Waals surface area (Å²) in [6.45, 7) is 4.20. The molecule has 72 valence electrons. The predicted molar refractivity (Wildman–Crippen MR) is 57.1 cm³/mol. The lowest BCUT2D eigenvalue weighted by molar-refractivity contribution is -0.114. The second-order valence-corrected chi connectivity index (χ2v) is 3.33. The Balaban J connectivity index is 2.42. The third-order valence-electron chi connectivity index (χ3n) is 2.45. The first-order valence-corrected chi connectivity index (χ1v) is 4.54. The van der Waals surface area contributed by atoms with E-state index in [4.69, 9.17) is 5.73 Å². The highest BCUT2D eigenvalue weighted by Crippen LogP contribution is 2.29. The molecule has 14 heavy (non-hydrogen) atoms. The number of nitrogens with zero attached hydrogens (tertiary/aromatic N) is 1. The van der Waals surface area contributed by atoms with Gasteiger partial charge in [0.1, 0.15) is 0 Å². The molecule has 0 aromatic heterocycles. The van der Waals surface area contributed by atoms with Crippen LogP contribution in [0.1, 0.15) is 5.56 Å². The van der Waals surface area contributed by atoms with Crippen LogP contribution in [0.2, 0.25) is 0 Å². The minimum Gasteiger partial charge on any atom is -0.399 e. The van der Waals surface area contributed by atoms with Crippen LogP contribution in [0.15, 0.2) is 30.9 Å². The van der Waals surface area contributed by atoms with Gasteiger partial charge in [0.15, 0.2) is 0 Å². The van der Waals surface area contributed by atoms with Crippen molar-refractivity contribution in [2.45, 2.75) is 6.42 Å². The fourth-order valence-electron chi connectivity index (χ4n) is 1.74. The second-order valence-electron chi connectivity index (χ2n) is 3.33. The third kappa shape index (κ3) is 1.27. The second kappa shape index (κ2) is 3.18. The Hall–Kier alpha value is -1.77. The maximum absolute atomic E-state index is 11.5. The number of anilines is 2. The van der Waals surface area contributed by atoms with Crippen molar-refractivity contribution in [2.24, 2.45) is 0 Å². The Labute approximate surface area is 82.8 Å². The van der Waals surface area contributed by atoms with Crippen molar-refractivity contribution >= 4 is 17.3 Å². The van der Waals surface area contributed by atoms with E-state index in [1.165, 1.54) is 11.6 Å². The number of amides is 1. The van der Waals surface area contributed by atoms with E-state index in [2.05, 4.69) is 6.58 Å². The largest absolute Gasteiger partial charge is 0.399 e. The van der Waals surface area contributed by atoms with Crippen molar-refractivity contribution in [1.82, 2.24) is 0 Å². The van der Waals surface area contributed by atoms with Gasteiger partial charge in [-0.3, -0.25) is 4.79 Å². The van der Waals surface area contributed by atoms with Gasteiger partial charge in [-0.1, -0.05) is 12.6 Å². The minimum absolute atomic E-state index is 0.0608. The van der Waals surface area contributed by atoms with Crippen LogP contribution in [-0.4, -0.2) is 12.5 Å². The molecule has 0 unspecified atom stereocenters. The highest BCUT2D eigenvalue weighted by molar-refractivity contribution is 6.02. The minimum atomic E-state index is -0.0608. The molecule has 2 rings (SSSR count). The molecule has 1 amide bonds. The van der Waals surface area contributed by atoms with Gasteiger partial charge in [-0.25, -0.2) is 0 Å². The standard InChI is InChI=1S/C11H12N2O/c1-2-11(14)13-6-5-8-3-4-9(12)7-10(8)13/h2-4,7H,1,5-6,12H2. The molecule has 0 fully saturated rings. The zero-order chi connectivity index (χ0) is 10.1. The molecule has 0 spiro atoms. The Bertz CT molecular complexity index is 398. The fourth-order valence-corrected chi connectivity index (χ4v) is 1.74. The number of nitrogen functional groups attached to an aromatic ring is 1. The molecule has 1 aromatic carbocycles. The van der Waals surface area contributed by atoms with Crippen LogP contribution >= 0.6 is 0 Å². The van der Waals surface area contributed by atoms with Crippen molar-refractivity contribution < 1.29 is 4.79 Å². The summed E-state index contributed by atoms with van der Waals surface area (Å²) in [7, 11) is 0. The van der Waals surface area contributed by atoms with E-state index in [1.54, 1.807) is 4.90 Å². The van der Waals surface area contributed by atoms with E-state index in [9.17, 15) is 4.79 Å². The lowest BCUT2D eigenvalue weighted by Gasteiger charge is -2.14. The maximum Gasteiger partial charge on any atom is 0.250 e. The van der Waals surface area contributed by atoms with Crippen LogP contribution in [0.3, 0.4) is 0 Å². The van der Waals surface area contributed by atoms with Gasteiger partial charge >= 0.3 is 0 Å². The summed E-state index contributed by atoms with van der Waals surface area (Å²) in [5.74, 6) is -0.0608. The summed E-state index contributed by atoms with van der Waals surface area (Å²) in [5, 5.41) is 0. The highest BCUT2D eigenvalue weighted by atomic mass is 16.2. The number of hydrogen-bond donors (Lipinski definition) is 1. The SMILES string of the molecule is C=CC(=O)N1CCc2ccc(N)cc21. The first-order chi connectivity index (χ1) is 6.72. The predicted octanol–water partition coefficient (Wildman–Crippen LogP) is 1.34. The van der Waals surface area contributed by atoms with E-state index in [1.807, 2.05) is 18.2 Å². The summed E-state index contributed by atoms with van der Waals surface area (Å²) in [6.07, 6.45) is 2.23. The maximum atomic E-state index is 11.5. The molecular formula is C11H12N2O. The van der Waals surface area contributed by atoms with Crippen LogP contribution < -0.4 is 10.6 Å². The quantitative estimate of drug-likeness (QED) is 0.534. The molecule has 3 heteroatoms. The highest BCUT2D eigenvalue weighted by Gasteiger charge is 2.22. The van der Waals surface area contributed by atoms with Crippen molar-refractivity contribution in [1.29, 1.82) is 0 Å². The molecule has 1 aliphatic rings.